The number of rotatable bonds is 3. The molecule has 0 atom stereocenters. The molecule has 1 heterocycles. The lowest BCUT2D eigenvalue weighted by Crippen LogP contribution is -2.12. The number of pyridine rings is 1. The normalized spacial score (nSPS) is 16.9. The van der Waals surface area contributed by atoms with Crippen LogP contribution in [0.4, 0.5) is 0 Å². The van der Waals surface area contributed by atoms with Gasteiger partial charge in [-0.2, -0.15) is 0 Å². The molecule has 0 saturated heterocycles. The van der Waals surface area contributed by atoms with E-state index in [-0.39, 0.29) is 6.61 Å². The van der Waals surface area contributed by atoms with Gasteiger partial charge in [0.15, 0.2) is 0 Å². The molecule has 0 aromatic carbocycles. The number of aromatic nitrogens is 1. The van der Waals surface area contributed by atoms with Crippen molar-refractivity contribution in [2.24, 2.45) is 0 Å². The minimum Gasteiger partial charge on any atom is -0.490 e. The lowest BCUT2D eigenvalue weighted by molar-refractivity contribution is 0.199. The molecule has 3 heteroatoms. The second kappa shape index (κ2) is 4.62. The van der Waals surface area contributed by atoms with Crippen molar-refractivity contribution in [3.05, 3.63) is 23.5 Å². The third kappa shape index (κ3) is 2.48. The molecule has 1 N–H and O–H groups in total. The smallest absolute Gasteiger partial charge is 0.128 e. The topological polar surface area (TPSA) is 42.4 Å². The van der Waals surface area contributed by atoms with Crippen molar-refractivity contribution in [1.82, 2.24) is 4.98 Å². The molecule has 1 aliphatic carbocycles. The van der Waals surface area contributed by atoms with Crippen LogP contribution in [0, 0.1) is 6.92 Å². The predicted octanol–water partition coefficient (Wildman–Crippen LogP) is 2.20. The van der Waals surface area contributed by atoms with Crippen LogP contribution in [0.2, 0.25) is 0 Å². The summed E-state index contributed by atoms with van der Waals surface area (Å²) in [6.45, 7) is 1.93. The Kier molecular flexibility index (Phi) is 3.21. The van der Waals surface area contributed by atoms with Crippen LogP contribution in [-0.2, 0) is 6.61 Å². The number of aliphatic hydroxyl groups excluding tert-OH is 1. The summed E-state index contributed by atoms with van der Waals surface area (Å²) in [5.41, 5.74) is 1.72. The fourth-order valence-electron chi connectivity index (χ4n) is 1.98. The van der Waals surface area contributed by atoms with Crippen molar-refractivity contribution in [3.63, 3.8) is 0 Å². The highest BCUT2D eigenvalue weighted by atomic mass is 16.5. The number of aliphatic hydroxyl groups is 1. The summed E-state index contributed by atoms with van der Waals surface area (Å²) in [5.74, 6) is 0.803. The maximum absolute atomic E-state index is 9.16. The molecular weight excluding hydrogens is 190 g/mol. The molecule has 0 radical (unpaired) electrons. The van der Waals surface area contributed by atoms with Gasteiger partial charge in [0.2, 0.25) is 0 Å². The van der Waals surface area contributed by atoms with Gasteiger partial charge in [-0.15, -0.1) is 0 Å². The summed E-state index contributed by atoms with van der Waals surface area (Å²) < 4.78 is 5.88. The molecule has 3 nitrogen and oxygen atoms in total. The van der Waals surface area contributed by atoms with E-state index in [9.17, 15) is 0 Å². The van der Waals surface area contributed by atoms with Gasteiger partial charge in [-0.3, -0.25) is 4.98 Å². The van der Waals surface area contributed by atoms with Crippen LogP contribution in [0.1, 0.15) is 36.9 Å². The van der Waals surface area contributed by atoms with Crippen molar-refractivity contribution < 1.29 is 9.84 Å². The van der Waals surface area contributed by atoms with Gasteiger partial charge in [0, 0.05) is 23.5 Å². The van der Waals surface area contributed by atoms with Crippen molar-refractivity contribution in [1.29, 1.82) is 0 Å². The zero-order chi connectivity index (χ0) is 10.7. The Balaban J connectivity index is 2.14. The highest BCUT2D eigenvalue weighted by molar-refractivity contribution is 5.32. The second-order valence-electron chi connectivity index (χ2n) is 4.12. The Morgan fingerprint density at radius 2 is 2.20 bits per heavy atom. The summed E-state index contributed by atoms with van der Waals surface area (Å²) in [5, 5.41) is 9.16. The van der Waals surface area contributed by atoms with E-state index in [4.69, 9.17) is 9.84 Å². The maximum Gasteiger partial charge on any atom is 0.128 e. The van der Waals surface area contributed by atoms with E-state index in [1.807, 2.05) is 13.0 Å². The zero-order valence-corrected chi connectivity index (χ0v) is 9.07. The third-order valence-corrected chi connectivity index (χ3v) is 2.85. The van der Waals surface area contributed by atoms with Gasteiger partial charge >= 0.3 is 0 Å². The van der Waals surface area contributed by atoms with E-state index in [0.29, 0.717) is 6.10 Å². The number of hydrogen-bond acceptors (Lipinski definition) is 3. The number of nitrogens with zero attached hydrogens (tertiary/aromatic N) is 1. The highest BCUT2D eigenvalue weighted by Gasteiger charge is 2.17. The summed E-state index contributed by atoms with van der Waals surface area (Å²) >= 11 is 0. The summed E-state index contributed by atoms with van der Waals surface area (Å²) in [6, 6.07) is 1.91. The molecule has 0 unspecified atom stereocenters. The van der Waals surface area contributed by atoms with Crippen molar-refractivity contribution in [2.45, 2.75) is 45.3 Å². The lowest BCUT2D eigenvalue weighted by atomic mass is 10.2. The van der Waals surface area contributed by atoms with Gasteiger partial charge in [0.1, 0.15) is 5.75 Å². The van der Waals surface area contributed by atoms with Crippen LogP contribution in [-0.4, -0.2) is 16.2 Å². The van der Waals surface area contributed by atoms with Crippen LogP contribution in [0.3, 0.4) is 0 Å². The Hall–Kier alpha value is -1.09. The molecule has 0 bridgehead atoms. The second-order valence-corrected chi connectivity index (χ2v) is 4.12. The van der Waals surface area contributed by atoms with Gasteiger partial charge in [-0.25, -0.2) is 0 Å². The molecule has 0 amide bonds. The van der Waals surface area contributed by atoms with E-state index >= 15 is 0 Å². The Morgan fingerprint density at radius 3 is 2.87 bits per heavy atom. The quantitative estimate of drug-likeness (QED) is 0.826. The standard InChI is InChI=1S/C12H17NO2/c1-9-6-12(10(8-14)7-13-9)15-11-4-2-3-5-11/h6-7,11,14H,2-5,8H2,1H3. The molecule has 1 fully saturated rings. The van der Waals surface area contributed by atoms with E-state index in [1.165, 1.54) is 12.8 Å². The van der Waals surface area contributed by atoms with Crippen molar-refractivity contribution in [3.8, 4) is 5.75 Å². The number of hydrogen-bond donors (Lipinski definition) is 1. The van der Waals surface area contributed by atoms with Crippen LogP contribution < -0.4 is 4.74 Å². The Bertz CT molecular complexity index is 332. The van der Waals surface area contributed by atoms with E-state index in [1.54, 1.807) is 6.20 Å². The molecule has 82 valence electrons. The van der Waals surface area contributed by atoms with Gasteiger partial charge < -0.3 is 9.84 Å². The van der Waals surface area contributed by atoms with E-state index < -0.39 is 0 Å². The van der Waals surface area contributed by atoms with E-state index in [2.05, 4.69) is 4.98 Å². The van der Waals surface area contributed by atoms with Crippen molar-refractivity contribution >= 4 is 0 Å². The number of aryl methyl sites for hydroxylation is 1. The van der Waals surface area contributed by atoms with E-state index in [0.717, 1.165) is 29.8 Å². The summed E-state index contributed by atoms with van der Waals surface area (Å²) in [6.07, 6.45) is 6.79. The van der Waals surface area contributed by atoms with Crippen LogP contribution >= 0.6 is 0 Å². The minimum atomic E-state index is -0.00463. The summed E-state index contributed by atoms with van der Waals surface area (Å²) in [7, 11) is 0. The fraction of sp³-hybridized carbons (Fsp3) is 0.583. The predicted molar refractivity (Wildman–Crippen MR) is 57.8 cm³/mol. The molecule has 0 aliphatic heterocycles. The molecular formula is C12H17NO2. The number of ether oxygens (including phenoxy) is 1. The first-order valence-corrected chi connectivity index (χ1v) is 5.52. The molecule has 1 aromatic rings. The fourth-order valence-corrected chi connectivity index (χ4v) is 1.98. The first kappa shape index (κ1) is 10.4. The summed E-state index contributed by atoms with van der Waals surface area (Å²) in [4.78, 5) is 4.15. The molecule has 1 aromatic heterocycles. The highest BCUT2D eigenvalue weighted by Crippen LogP contribution is 2.26. The average molecular weight is 207 g/mol. The van der Waals surface area contributed by atoms with Gasteiger partial charge in [-0.1, -0.05) is 0 Å². The average Bonchev–Trinajstić information content (AvgIpc) is 2.71. The Morgan fingerprint density at radius 1 is 1.47 bits per heavy atom. The SMILES string of the molecule is Cc1cc(OC2CCCC2)c(CO)cn1. The minimum absolute atomic E-state index is 0.00463. The van der Waals surface area contributed by atoms with Crippen LogP contribution in [0.25, 0.3) is 0 Å². The molecule has 0 spiro atoms. The first-order valence-electron chi connectivity index (χ1n) is 5.52. The molecule has 15 heavy (non-hydrogen) atoms. The zero-order valence-electron chi connectivity index (χ0n) is 9.07. The van der Waals surface area contributed by atoms with Crippen LogP contribution in [0.15, 0.2) is 12.3 Å². The first-order chi connectivity index (χ1) is 7.29. The molecule has 1 aliphatic rings. The maximum atomic E-state index is 9.16. The lowest BCUT2D eigenvalue weighted by Gasteiger charge is -2.15. The monoisotopic (exact) mass is 207 g/mol. The third-order valence-electron chi connectivity index (χ3n) is 2.85. The van der Waals surface area contributed by atoms with Gasteiger partial charge in [0.05, 0.1) is 12.7 Å². The van der Waals surface area contributed by atoms with Gasteiger partial charge in [0.25, 0.3) is 0 Å². The Labute approximate surface area is 90.1 Å². The largest absolute Gasteiger partial charge is 0.490 e. The van der Waals surface area contributed by atoms with Gasteiger partial charge in [-0.05, 0) is 32.6 Å². The molecule has 1 saturated carbocycles. The van der Waals surface area contributed by atoms with Crippen LogP contribution in [0.5, 0.6) is 5.75 Å². The molecule has 2 rings (SSSR count). The van der Waals surface area contributed by atoms with Crippen molar-refractivity contribution in [2.75, 3.05) is 0 Å².